The Balaban J connectivity index is 2.21. The van der Waals surface area contributed by atoms with Crippen molar-refractivity contribution >= 4 is 21.8 Å². The van der Waals surface area contributed by atoms with Gasteiger partial charge >= 0.3 is 0 Å². The normalized spacial score (nSPS) is 15.2. The highest BCUT2D eigenvalue weighted by molar-refractivity contribution is 9.10. The highest BCUT2D eigenvalue weighted by Gasteiger charge is 2.34. The Hall–Kier alpha value is -0.880. The summed E-state index contributed by atoms with van der Waals surface area (Å²) in [6, 6.07) is 0.274. The quantitative estimate of drug-likeness (QED) is 0.871. The maximum Gasteiger partial charge on any atom is 0.275 e. The summed E-state index contributed by atoms with van der Waals surface area (Å²) in [5.74, 6) is 0.169. The molecule has 2 N–H and O–H groups in total. The first-order chi connectivity index (χ1) is 8.56. The predicted octanol–water partition coefficient (Wildman–Crippen LogP) is 1.89. The van der Waals surface area contributed by atoms with Crippen LogP contribution in [0.15, 0.2) is 4.47 Å². The van der Waals surface area contributed by atoms with Crippen LogP contribution < -0.4 is 0 Å². The van der Waals surface area contributed by atoms with E-state index in [1.807, 2.05) is 13.8 Å². The fraction of sp³-hybridized carbons (Fsp3) is 0.667. The number of carbonyl (C=O) groups excluding carboxylic acids is 1. The van der Waals surface area contributed by atoms with Crippen LogP contribution >= 0.6 is 15.9 Å². The van der Waals surface area contributed by atoms with Crippen LogP contribution in [0.5, 0.6) is 0 Å². The van der Waals surface area contributed by atoms with Gasteiger partial charge in [-0.2, -0.15) is 5.10 Å². The number of nitrogens with one attached hydrogen (secondary N) is 1. The van der Waals surface area contributed by atoms with Crippen molar-refractivity contribution in [3.05, 3.63) is 15.9 Å². The monoisotopic (exact) mass is 315 g/mol. The smallest absolute Gasteiger partial charge is 0.275 e. The number of hydrogen-bond donors (Lipinski definition) is 2. The van der Waals surface area contributed by atoms with Crippen LogP contribution in [-0.4, -0.2) is 45.3 Å². The van der Waals surface area contributed by atoms with Gasteiger partial charge in [0.05, 0.1) is 16.8 Å². The average molecular weight is 316 g/mol. The lowest BCUT2D eigenvalue weighted by molar-refractivity contribution is 0.0700. The fourth-order valence-corrected chi connectivity index (χ4v) is 2.75. The average Bonchev–Trinajstić information content (AvgIpc) is 3.08. The van der Waals surface area contributed by atoms with Gasteiger partial charge in [-0.15, -0.1) is 0 Å². The largest absolute Gasteiger partial charge is 0.395 e. The van der Waals surface area contributed by atoms with E-state index in [4.69, 9.17) is 5.11 Å². The summed E-state index contributed by atoms with van der Waals surface area (Å²) in [6.45, 7) is 4.44. The second-order valence-electron chi connectivity index (χ2n) is 4.91. The molecule has 1 aliphatic carbocycles. The Bertz CT molecular complexity index is 441. The van der Waals surface area contributed by atoms with Crippen LogP contribution in [0.3, 0.4) is 0 Å². The van der Waals surface area contributed by atoms with Crippen molar-refractivity contribution < 1.29 is 9.90 Å². The molecule has 1 saturated carbocycles. The van der Waals surface area contributed by atoms with Gasteiger partial charge in [0, 0.05) is 12.6 Å². The van der Waals surface area contributed by atoms with Crippen LogP contribution in [-0.2, 0) is 0 Å². The molecule has 1 fully saturated rings. The van der Waals surface area contributed by atoms with Crippen molar-refractivity contribution in [1.82, 2.24) is 15.1 Å². The number of aliphatic hydroxyl groups is 1. The number of halogens is 1. The molecule has 1 aromatic heterocycles. The lowest BCUT2D eigenvalue weighted by Crippen LogP contribution is -2.35. The molecule has 0 unspecified atom stereocenters. The molecule has 100 valence electrons. The minimum atomic E-state index is -0.110. The van der Waals surface area contributed by atoms with Gasteiger partial charge in [0.1, 0.15) is 0 Å². The zero-order chi connectivity index (χ0) is 13.3. The molecule has 1 amide bonds. The molecule has 1 heterocycles. The number of hydrogen-bond acceptors (Lipinski definition) is 3. The van der Waals surface area contributed by atoms with Gasteiger partial charge in [-0.05, 0) is 34.7 Å². The molecule has 0 spiro atoms. The van der Waals surface area contributed by atoms with Crippen molar-refractivity contribution in [1.29, 1.82) is 0 Å². The summed E-state index contributed by atoms with van der Waals surface area (Å²) in [6.07, 6.45) is 2.04. The standard InChI is InChI=1S/C12H18BrN3O2/c1-7(2)10-9(13)11(15-14-10)12(18)16(5-6-17)8-3-4-8/h7-8,17H,3-6H2,1-2H3,(H,14,15). The predicted molar refractivity (Wildman–Crippen MR) is 71.5 cm³/mol. The Morgan fingerprint density at radius 2 is 2.28 bits per heavy atom. The molecule has 1 aromatic rings. The molecular formula is C12H18BrN3O2. The van der Waals surface area contributed by atoms with Crippen LogP contribution in [0, 0.1) is 0 Å². The van der Waals surface area contributed by atoms with Gasteiger partial charge in [0.25, 0.3) is 5.91 Å². The first-order valence-electron chi connectivity index (χ1n) is 6.21. The van der Waals surface area contributed by atoms with Crippen LogP contribution in [0.25, 0.3) is 0 Å². The molecule has 0 aliphatic heterocycles. The van der Waals surface area contributed by atoms with E-state index in [0.29, 0.717) is 12.2 Å². The summed E-state index contributed by atoms with van der Waals surface area (Å²) in [5.41, 5.74) is 1.34. The first-order valence-corrected chi connectivity index (χ1v) is 7.01. The third-order valence-corrected chi connectivity index (χ3v) is 3.90. The topological polar surface area (TPSA) is 69.2 Å². The summed E-state index contributed by atoms with van der Waals surface area (Å²) >= 11 is 3.44. The number of carbonyl (C=O) groups is 1. The van der Waals surface area contributed by atoms with Crippen molar-refractivity contribution in [3.63, 3.8) is 0 Å². The van der Waals surface area contributed by atoms with E-state index in [0.717, 1.165) is 23.0 Å². The molecule has 18 heavy (non-hydrogen) atoms. The Kier molecular flexibility index (Phi) is 4.07. The number of aromatic amines is 1. The van der Waals surface area contributed by atoms with E-state index >= 15 is 0 Å². The molecule has 0 bridgehead atoms. The van der Waals surface area contributed by atoms with Crippen molar-refractivity contribution in [2.45, 2.75) is 38.6 Å². The Morgan fingerprint density at radius 3 is 2.72 bits per heavy atom. The van der Waals surface area contributed by atoms with Crippen molar-refractivity contribution in [3.8, 4) is 0 Å². The lowest BCUT2D eigenvalue weighted by atomic mass is 10.1. The number of amides is 1. The third-order valence-electron chi connectivity index (χ3n) is 3.10. The highest BCUT2D eigenvalue weighted by Crippen LogP contribution is 2.31. The van der Waals surface area contributed by atoms with E-state index in [1.54, 1.807) is 4.90 Å². The fourth-order valence-electron chi connectivity index (χ4n) is 1.95. The molecule has 6 heteroatoms. The summed E-state index contributed by atoms with van der Waals surface area (Å²) in [7, 11) is 0. The number of aliphatic hydroxyl groups excluding tert-OH is 1. The second-order valence-corrected chi connectivity index (χ2v) is 5.70. The molecule has 0 atom stereocenters. The van der Waals surface area contributed by atoms with E-state index < -0.39 is 0 Å². The molecule has 1 aliphatic rings. The van der Waals surface area contributed by atoms with Gasteiger partial charge in [-0.25, -0.2) is 0 Å². The SMILES string of the molecule is CC(C)c1[nH]nc(C(=O)N(CCO)C2CC2)c1Br. The van der Waals surface area contributed by atoms with E-state index in [1.165, 1.54) is 0 Å². The van der Waals surface area contributed by atoms with Gasteiger partial charge in [-0.3, -0.25) is 9.89 Å². The third kappa shape index (κ3) is 2.59. The van der Waals surface area contributed by atoms with Crippen molar-refractivity contribution in [2.75, 3.05) is 13.2 Å². The van der Waals surface area contributed by atoms with E-state index in [-0.39, 0.29) is 24.5 Å². The Morgan fingerprint density at radius 1 is 1.61 bits per heavy atom. The maximum absolute atomic E-state index is 12.4. The molecular weight excluding hydrogens is 298 g/mol. The molecule has 2 rings (SSSR count). The minimum Gasteiger partial charge on any atom is -0.395 e. The summed E-state index contributed by atoms with van der Waals surface area (Å²) in [4.78, 5) is 14.1. The Labute approximate surface area is 115 Å². The molecule has 0 radical (unpaired) electrons. The molecule has 5 nitrogen and oxygen atoms in total. The van der Waals surface area contributed by atoms with Gasteiger partial charge < -0.3 is 10.0 Å². The van der Waals surface area contributed by atoms with Crippen LogP contribution in [0.4, 0.5) is 0 Å². The zero-order valence-corrected chi connectivity index (χ0v) is 12.2. The molecule has 0 saturated heterocycles. The summed E-state index contributed by atoms with van der Waals surface area (Å²) < 4.78 is 0.742. The maximum atomic E-state index is 12.4. The number of aromatic nitrogens is 2. The first kappa shape index (κ1) is 13.5. The number of rotatable bonds is 5. The minimum absolute atomic E-state index is 0.0126. The van der Waals surface area contributed by atoms with Crippen molar-refractivity contribution in [2.24, 2.45) is 0 Å². The summed E-state index contributed by atoms with van der Waals surface area (Å²) in [5, 5.41) is 16.0. The highest BCUT2D eigenvalue weighted by atomic mass is 79.9. The van der Waals surface area contributed by atoms with Crippen LogP contribution in [0.2, 0.25) is 0 Å². The van der Waals surface area contributed by atoms with Gasteiger partial charge in [0.15, 0.2) is 5.69 Å². The number of H-pyrrole nitrogens is 1. The zero-order valence-electron chi connectivity index (χ0n) is 10.6. The van der Waals surface area contributed by atoms with E-state index in [9.17, 15) is 4.79 Å². The second kappa shape index (κ2) is 5.40. The lowest BCUT2D eigenvalue weighted by Gasteiger charge is -2.20. The van der Waals surface area contributed by atoms with Gasteiger partial charge in [-0.1, -0.05) is 13.8 Å². The van der Waals surface area contributed by atoms with Crippen LogP contribution in [0.1, 0.15) is 48.8 Å². The van der Waals surface area contributed by atoms with Gasteiger partial charge in [0.2, 0.25) is 0 Å². The number of nitrogens with zero attached hydrogens (tertiary/aromatic N) is 2. The van der Waals surface area contributed by atoms with E-state index in [2.05, 4.69) is 26.1 Å². The molecule has 0 aromatic carbocycles.